The molecule has 8 aromatic carbocycles. The van der Waals surface area contributed by atoms with Crippen molar-refractivity contribution in [2.45, 2.75) is 13.8 Å². The van der Waals surface area contributed by atoms with E-state index in [2.05, 4.69) is 122 Å². The third-order valence-corrected chi connectivity index (χ3v) is 11.3. The summed E-state index contributed by atoms with van der Waals surface area (Å²) in [5.41, 5.74) is 17.3. The van der Waals surface area contributed by atoms with Gasteiger partial charge in [0.25, 0.3) is 0 Å². The molecule has 0 fully saturated rings. The Balaban J connectivity index is 1.31. The first-order chi connectivity index (χ1) is 29.9. The summed E-state index contributed by atoms with van der Waals surface area (Å²) in [5.74, 6) is 0.628. The first-order valence-corrected chi connectivity index (χ1v) is 20.3. The SMILES string of the molecule is Cc1cc(C)cc(-c2ccc3c(c2)c2ccccc2n3-c2c(-c3ccc(C#N)cc3)cc(-c3cc(-c4ccccc4)nc(-c4ccccc4)n3)cc2-c2ccc(C#N)cc2)c1. The lowest BCUT2D eigenvalue weighted by Crippen LogP contribution is -2.03. The highest BCUT2D eigenvalue weighted by Gasteiger charge is 2.23. The third kappa shape index (κ3) is 6.91. The number of fused-ring (bicyclic) bond motifs is 3. The number of aryl methyl sites for hydroxylation is 2. The smallest absolute Gasteiger partial charge is 0.160 e. The van der Waals surface area contributed by atoms with Gasteiger partial charge in [-0.15, -0.1) is 0 Å². The molecule has 0 bridgehead atoms. The molecule has 0 saturated carbocycles. The van der Waals surface area contributed by atoms with Crippen LogP contribution < -0.4 is 0 Å². The van der Waals surface area contributed by atoms with Crippen LogP contribution in [-0.2, 0) is 0 Å². The Labute approximate surface area is 354 Å². The summed E-state index contributed by atoms with van der Waals surface area (Å²) in [5, 5.41) is 22.0. The number of hydrogen-bond donors (Lipinski definition) is 0. The van der Waals surface area contributed by atoms with Crippen molar-refractivity contribution in [1.29, 1.82) is 10.5 Å². The highest BCUT2D eigenvalue weighted by atomic mass is 15.0. The zero-order chi connectivity index (χ0) is 41.5. The van der Waals surface area contributed by atoms with Crippen molar-refractivity contribution in [2.24, 2.45) is 0 Å². The molecule has 0 saturated heterocycles. The van der Waals surface area contributed by atoms with Gasteiger partial charge in [-0.05, 0) is 96.8 Å². The van der Waals surface area contributed by atoms with E-state index in [0.29, 0.717) is 17.0 Å². The lowest BCUT2D eigenvalue weighted by Gasteiger charge is -2.21. The van der Waals surface area contributed by atoms with E-state index >= 15 is 0 Å². The van der Waals surface area contributed by atoms with Gasteiger partial charge in [-0.2, -0.15) is 10.5 Å². The number of para-hydroxylation sites is 1. The average Bonchev–Trinajstić information content (AvgIpc) is 3.64. The summed E-state index contributed by atoms with van der Waals surface area (Å²) in [6.45, 7) is 4.29. The predicted octanol–water partition coefficient (Wildman–Crippen LogP) is 13.9. The Bertz CT molecular complexity index is 3210. The van der Waals surface area contributed by atoms with Crippen LogP contribution in [0.4, 0.5) is 0 Å². The lowest BCUT2D eigenvalue weighted by molar-refractivity contribution is 1.17. The van der Waals surface area contributed by atoms with E-state index in [-0.39, 0.29) is 0 Å². The minimum Gasteiger partial charge on any atom is -0.308 e. The van der Waals surface area contributed by atoms with Crippen LogP contribution in [0.5, 0.6) is 0 Å². The van der Waals surface area contributed by atoms with Gasteiger partial charge in [0.05, 0.1) is 51.4 Å². The highest BCUT2D eigenvalue weighted by Crippen LogP contribution is 2.45. The number of nitriles is 2. The fourth-order valence-corrected chi connectivity index (χ4v) is 8.51. The zero-order valence-corrected chi connectivity index (χ0v) is 33.6. The number of nitrogens with zero attached hydrogens (tertiary/aromatic N) is 5. The molecule has 61 heavy (non-hydrogen) atoms. The van der Waals surface area contributed by atoms with Crippen LogP contribution in [-0.4, -0.2) is 14.5 Å². The molecule has 0 spiro atoms. The largest absolute Gasteiger partial charge is 0.308 e. The summed E-state index contributed by atoms with van der Waals surface area (Å²) in [6, 6.07) is 69.1. The van der Waals surface area contributed by atoms with E-state index in [9.17, 15) is 10.5 Å². The topological polar surface area (TPSA) is 78.3 Å². The Morgan fingerprint density at radius 3 is 1.49 bits per heavy atom. The maximum atomic E-state index is 9.85. The Morgan fingerprint density at radius 1 is 0.393 bits per heavy atom. The maximum absolute atomic E-state index is 9.85. The first kappa shape index (κ1) is 36.9. The lowest BCUT2D eigenvalue weighted by atomic mass is 9.91. The molecule has 5 heteroatoms. The fraction of sp³-hybridized carbons (Fsp3) is 0.0357. The number of aromatic nitrogens is 3. The molecule has 0 unspecified atom stereocenters. The first-order valence-electron chi connectivity index (χ1n) is 20.3. The van der Waals surface area contributed by atoms with Crippen molar-refractivity contribution in [1.82, 2.24) is 14.5 Å². The second-order valence-electron chi connectivity index (χ2n) is 15.5. The van der Waals surface area contributed by atoms with Crippen molar-refractivity contribution < 1.29 is 0 Å². The fourth-order valence-electron chi connectivity index (χ4n) is 8.51. The Kier molecular flexibility index (Phi) is 9.33. The van der Waals surface area contributed by atoms with Gasteiger partial charge in [0.1, 0.15) is 0 Å². The number of rotatable bonds is 7. The molecule has 5 nitrogen and oxygen atoms in total. The third-order valence-electron chi connectivity index (χ3n) is 11.3. The van der Waals surface area contributed by atoms with Crippen molar-refractivity contribution in [3.05, 3.63) is 210 Å². The van der Waals surface area contributed by atoms with Crippen LogP contribution >= 0.6 is 0 Å². The molecule has 10 aromatic rings. The molecule has 0 atom stereocenters. The van der Waals surface area contributed by atoms with E-state index in [1.807, 2.05) is 97.1 Å². The normalized spacial score (nSPS) is 11.1. The predicted molar refractivity (Wildman–Crippen MR) is 248 cm³/mol. The van der Waals surface area contributed by atoms with Crippen LogP contribution in [0.2, 0.25) is 0 Å². The van der Waals surface area contributed by atoms with Crippen molar-refractivity contribution >= 4 is 21.8 Å². The monoisotopic (exact) mass is 779 g/mol. The summed E-state index contributed by atoms with van der Waals surface area (Å²) < 4.78 is 2.38. The second kappa shape index (κ2) is 15.4. The molecule has 2 heterocycles. The molecule has 2 aromatic heterocycles. The van der Waals surface area contributed by atoms with Crippen LogP contribution in [0.25, 0.3) is 94.8 Å². The van der Waals surface area contributed by atoms with Gasteiger partial charge in [-0.3, -0.25) is 0 Å². The average molecular weight is 780 g/mol. The molecule has 0 aliphatic rings. The van der Waals surface area contributed by atoms with E-state index in [1.165, 1.54) is 16.7 Å². The van der Waals surface area contributed by atoms with E-state index in [4.69, 9.17) is 9.97 Å². The molecule has 10 rings (SSSR count). The highest BCUT2D eigenvalue weighted by molar-refractivity contribution is 6.12. The van der Waals surface area contributed by atoms with Crippen molar-refractivity contribution in [2.75, 3.05) is 0 Å². The second-order valence-corrected chi connectivity index (χ2v) is 15.5. The van der Waals surface area contributed by atoms with E-state index in [1.54, 1.807) is 0 Å². The van der Waals surface area contributed by atoms with Gasteiger partial charge in [0.15, 0.2) is 5.82 Å². The molecular formula is C56H37N5. The minimum absolute atomic E-state index is 0.584. The van der Waals surface area contributed by atoms with Gasteiger partial charge in [-0.1, -0.05) is 139 Å². The standard InChI is InChI=1S/C56H37N5/c1-36-27-37(2)29-45(28-36)44-25-26-54-50(30-44)47-15-9-10-16-53(47)61(54)55-48(40-21-17-38(34-57)18-22-40)31-46(32-49(55)41-23-19-39(35-58)20-24-41)52-33-51(42-11-5-3-6-12-42)59-56(60-52)43-13-7-4-8-14-43/h3-33H,1-2H3. The molecule has 0 aliphatic heterocycles. The molecule has 286 valence electrons. The van der Waals surface area contributed by atoms with Gasteiger partial charge >= 0.3 is 0 Å². The molecular weight excluding hydrogens is 743 g/mol. The molecule has 0 amide bonds. The molecule has 0 N–H and O–H groups in total. The number of hydrogen-bond acceptors (Lipinski definition) is 4. The van der Waals surface area contributed by atoms with Gasteiger partial charge in [0, 0.05) is 38.6 Å². The van der Waals surface area contributed by atoms with Crippen LogP contribution in [0.1, 0.15) is 22.3 Å². The van der Waals surface area contributed by atoms with Gasteiger partial charge in [-0.25, -0.2) is 9.97 Å². The van der Waals surface area contributed by atoms with Crippen LogP contribution in [0.3, 0.4) is 0 Å². The van der Waals surface area contributed by atoms with Gasteiger partial charge < -0.3 is 4.57 Å². The van der Waals surface area contributed by atoms with Crippen molar-refractivity contribution in [3.8, 4) is 85.1 Å². The minimum atomic E-state index is 0.584. The Hall–Kier alpha value is -8.38. The molecule has 0 radical (unpaired) electrons. The van der Waals surface area contributed by atoms with Crippen LogP contribution in [0.15, 0.2) is 188 Å². The summed E-state index contributed by atoms with van der Waals surface area (Å²) in [4.78, 5) is 10.4. The Morgan fingerprint density at radius 2 is 0.902 bits per heavy atom. The van der Waals surface area contributed by atoms with Gasteiger partial charge in [0.2, 0.25) is 0 Å². The quantitative estimate of drug-likeness (QED) is 0.161. The summed E-state index contributed by atoms with van der Waals surface area (Å²) in [6.07, 6.45) is 0. The summed E-state index contributed by atoms with van der Waals surface area (Å²) >= 11 is 0. The number of benzene rings is 8. The summed E-state index contributed by atoms with van der Waals surface area (Å²) in [7, 11) is 0. The van der Waals surface area contributed by atoms with Crippen molar-refractivity contribution in [3.63, 3.8) is 0 Å². The zero-order valence-electron chi connectivity index (χ0n) is 33.6. The maximum Gasteiger partial charge on any atom is 0.160 e. The van der Waals surface area contributed by atoms with Crippen LogP contribution in [0, 0.1) is 36.5 Å². The van der Waals surface area contributed by atoms with E-state index in [0.717, 1.165) is 83.4 Å². The van der Waals surface area contributed by atoms with E-state index < -0.39 is 0 Å². The molecule has 0 aliphatic carbocycles.